The molecule has 2 aliphatic heterocycles. The number of benzene rings is 1. The molecule has 4 heterocycles. The summed E-state index contributed by atoms with van der Waals surface area (Å²) in [4.78, 5) is 8.20. The minimum Gasteiger partial charge on any atom is -0.387 e. The number of anilines is 1. The molecule has 0 unspecified atom stereocenters. The van der Waals surface area contributed by atoms with Gasteiger partial charge in [-0.25, -0.2) is 9.97 Å². The molecule has 4 N–H and O–H groups in total. The maximum atomic E-state index is 10.8. The second-order valence-electron chi connectivity index (χ2n) is 7.20. The molecule has 29 heavy (non-hydrogen) atoms. The van der Waals surface area contributed by atoms with Gasteiger partial charge in [-0.3, -0.25) is 0 Å². The lowest BCUT2D eigenvalue weighted by Gasteiger charge is -2.31. The van der Waals surface area contributed by atoms with Crippen molar-refractivity contribution in [2.75, 3.05) is 12.3 Å². The Labute approximate surface area is 175 Å². The van der Waals surface area contributed by atoms with Crippen LogP contribution >= 0.6 is 23.2 Å². The van der Waals surface area contributed by atoms with Crippen LogP contribution in [0.2, 0.25) is 10.0 Å². The Morgan fingerprint density at radius 1 is 1.14 bits per heavy atom. The van der Waals surface area contributed by atoms with Crippen molar-refractivity contribution in [2.45, 2.75) is 37.1 Å². The number of aliphatic hydroxyl groups is 2. The van der Waals surface area contributed by atoms with Crippen molar-refractivity contribution in [2.24, 2.45) is 0 Å². The Hall–Kier alpha value is -1.94. The number of nitrogen functional groups attached to an aromatic ring is 1. The van der Waals surface area contributed by atoms with Crippen LogP contribution in [-0.2, 0) is 15.9 Å². The van der Waals surface area contributed by atoms with Crippen LogP contribution in [0, 0.1) is 0 Å². The summed E-state index contributed by atoms with van der Waals surface area (Å²) in [7, 11) is 0. The van der Waals surface area contributed by atoms with Crippen LogP contribution in [0.5, 0.6) is 0 Å². The van der Waals surface area contributed by atoms with E-state index in [-0.39, 0.29) is 0 Å². The van der Waals surface area contributed by atoms with Crippen molar-refractivity contribution in [3.05, 3.63) is 51.9 Å². The monoisotopic (exact) mass is 436 g/mol. The Kier molecular flexibility index (Phi) is 4.65. The van der Waals surface area contributed by atoms with Gasteiger partial charge in [0.1, 0.15) is 42.2 Å². The number of nitrogens with zero attached hydrogens (tertiary/aromatic N) is 3. The van der Waals surface area contributed by atoms with Crippen molar-refractivity contribution in [3.8, 4) is 0 Å². The van der Waals surface area contributed by atoms with Gasteiger partial charge in [-0.15, -0.1) is 0 Å². The molecule has 152 valence electrons. The predicted molar refractivity (Wildman–Crippen MR) is 107 cm³/mol. The average molecular weight is 437 g/mol. The standard InChI is InChI=1S/C19H18Cl2N4O4/c20-11-5-8-2-4-28-15(10(8)6-12(11)21)16-13(26)14(27)19(29-16)25-3-1-9-17(22)23-7-24-18(9)25/h1,3,5-7,13-16,19,26-27H,2,4H2,(H2,22,23,24)/t13-,14+,15+,16+,19+/m0/s1. The molecular weight excluding hydrogens is 419 g/mol. The summed E-state index contributed by atoms with van der Waals surface area (Å²) in [6.07, 6.45) is -0.909. The van der Waals surface area contributed by atoms with Crippen LogP contribution < -0.4 is 5.73 Å². The zero-order valence-electron chi connectivity index (χ0n) is 15.1. The van der Waals surface area contributed by atoms with E-state index in [9.17, 15) is 10.2 Å². The van der Waals surface area contributed by atoms with Gasteiger partial charge in [0, 0.05) is 6.20 Å². The molecule has 1 saturated heterocycles. The number of aliphatic hydroxyl groups excluding tert-OH is 2. The van der Waals surface area contributed by atoms with Crippen LogP contribution in [0.3, 0.4) is 0 Å². The number of hydrogen-bond donors (Lipinski definition) is 3. The molecule has 1 aromatic carbocycles. The summed E-state index contributed by atoms with van der Waals surface area (Å²) in [5, 5.41) is 23.0. The first-order chi connectivity index (χ1) is 14.0. The van der Waals surface area contributed by atoms with Gasteiger partial charge in [-0.1, -0.05) is 23.2 Å². The lowest BCUT2D eigenvalue weighted by molar-refractivity contribution is -0.113. The maximum absolute atomic E-state index is 10.8. The Bertz CT molecular complexity index is 1090. The topological polar surface area (TPSA) is 116 Å². The van der Waals surface area contributed by atoms with Gasteiger partial charge in [0.2, 0.25) is 0 Å². The summed E-state index contributed by atoms with van der Waals surface area (Å²) in [6.45, 7) is 0.444. The number of nitrogens with two attached hydrogens (primary N) is 1. The zero-order chi connectivity index (χ0) is 20.3. The molecule has 8 nitrogen and oxygen atoms in total. The second kappa shape index (κ2) is 7.09. The quantitative estimate of drug-likeness (QED) is 0.563. The Morgan fingerprint density at radius 2 is 1.93 bits per heavy atom. The summed E-state index contributed by atoms with van der Waals surface area (Å²) < 4.78 is 13.7. The van der Waals surface area contributed by atoms with Crippen LogP contribution in [0.4, 0.5) is 5.82 Å². The summed E-state index contributed by atoms with van der Waals surface area (Å²) in [6, 6.07) is 5.29. The Balaban J connectivity index is 1.51. The first-order valence-corrected chi connectivity index (χ1v) is 9.89. The van der Waals surface area contributed by atoms with Gasteiger partial charge in [0.25, 0.3) is 0 Å². The fraction of sp³-hybridized carbons (Fsp3) is 0.368. The van der Waals surface area contributed by atoms with E-state index in [1.54, 1.807) is 22.9 Å². The maximum Gasteiger partial charge on any atom is 0.164 e. The first-order valence-electron chi connectivity index (χ1n) is 9.13. The number of ether oxygens (including phenoxy) is 2. The smallest absolute Gasteiger partial charge is 0.164 e. The fourth-order valence-electron chi connectivity index (χ4n) is 4.10. The van der Waals surface area contributed by atoms with Crippen molar-refractivity contribution in [3.63, 3.8) is 0 Å². The van der Waals surface area contributed by atoms with Gasteiger partial charge in [-0.2, -0.15) is 0 Å². The summed E-state index contributed by atoms with van der Waals surface area (Å²) in [5.41, 5.74) is 8.18. The number of halogens is 2. The third-order valence-corrected chi connectivity index (χ3v) is 6.27. The number of rotatable bonds is 2. The van der Waals surface area contributed by atoms with Crippen LogP contribution in [-0.4, -0.2) is 49.7 Å². The van der Waals surface area contributed by atoms with Crippen LogP contribution in [0.15, 0.2) is 30.7 Å². The van der Waals surface area contributed by atoms with E-state index in [0.29, 0.717) is 39.9 Å². The third kappa shape index (κ3) is 2.99. The summed E-state index contributed by atoms with van der Waals surface area (Å²) >= 11 is 12.3. The molecular formula is C19H18Cl2N4O4. The number of aromatic nitrogens is 3. The van der Waals surface area contributed by atoms with E-state index in [4.69, 9.17) is 38.4 Å². The van der Waals surface area contributed by atoms with Crippen molar-refractivity contribution >= 4 is 40.1 Å². The SMILES string of the molecule is Nc1ncnc2c1ccn2[C@@H]1O[C@@H]([C@@H]2OCCc3cc(Cl)c(Cl)cc32)[C@@H](O)[C@H]1O. The highest BCUT2D eigenvalue weighted by Gasteiger charge is 2.49. The van der Waals surface area contributed by atoms with E-state index in [2.05, 4.69) is 9.97 Å². The van der Waals surface area contributed by atoms with Gasteiger partial charge >= 0.3 is 0 Å². The molecule has 5 atom stereocenters. The van der Waals surface area contributed by atoms with E-state index < -0.39 is 30.6 Å². The largest absolute Gasteiger partial charge is 0.387 e. The predicted octanol–water partition coefficient (Wildman–Crippen LogP) is 2.25. The second-order valence-corrected chi connectivity index (χ2v) is 8.01. The molecule has 3 aromatic rings. The third-order valence-electron chi connectivity index (χ3n) is 5.55. The highest BCUT2D eigenvalue weighted by Crippen LogP contribution is 2.43. The molecule has 2 aromatic heterocycles. The van der Waals surface area contributed by atoms with Gasteiger partial charge < -0.3 is 30.0 Å². The molecule has 0 amide bonds. The molecule has 0 bridgehead atoms. The summed E-state index contributed by atoms with van der Waals surface area (Å²) in [5.74, 6) is 0.328. The normalized spacial score (nSPS) is 29.3. The highest BCUT2D eigenvalue weighted by molar-refractivity contribution is 6.42. The molecule has 5 rings (SSSR count). The molecule has 2 aliphatic rings. The minimum atomic E-state index is -1.19. The number of hydrogen-bond acceptors (Lipinski definition) is 7. The van der Waals surface area contributed by atoms with Gasteiger partial charge in [-0.05, 0) is 35.7 Å². The van der Waals surface area contributed by atoms with Crippen molar-refractivity contribution < 1.29 is 19.7 Å². The lowest BCUT2D eigenvalue weighted by atomic mass is 9.92. The number of fused-ring (bicyclic) bond motifs is 2. The fourth-order valence-corrected chi connectivity index (χ4v) is 4.46. The van der Waals surface area contributed by atoms with E-state index in [1.165, 1.54) is 6.33 Å². The Morgan fingerprint density at radius 3 is 2.76 bits per heavy atom. The van der Waals surface area contributed by atoms with Gasteiger partial charge in [0.05, 0.1) is 22.0 Å². The average Bonchev–Trinajstić information content (AvgIpc) is 3.25. The van der Waals surface area contributed by atoms with Gasteiger partial charge in [0.15, 0.2) is 6.23 Å². The first kappa shape index (κ1) is 19.0. The van der Waals surface area contributed by atoms with E-state index in [0.717, 1.165) is 11.1 Å². The lowest BCUT2D eigenvalue weighted by Crippen LogP contribution is -2.37. The molecule has 10 heteroatoms. The molecule has 0 radical (unpaired) electrons. The van der Waals surface area contributed by atoms with Crippen LogP contribution in [0.25, 0.3) is 11.0 Å². The molecule has 0 spiro atoms. The minimum absolute atomic E-state index is 0.328. The zero-order valence-corrected chi connectivity index (χ0v) is 16.6. The van der Waals surface area contributed by atoms with E-state index in [1.807, 2.05) is 6.07 Å². The van der Waals surface area contributed by atoms with E-state index >= 15 is 0 Å². The molecule has 0 saturated carbocycles. The van der Waals surface area contributed by atoms with Crippen LogP contribution in [0.1, 0.15) is 23.5 Å². The molecule has 1 fully saturated rings. The molecule has 0 aliphatic carbocycles. The van der Waals surface area contributed by atoms with Crippen molar-refractivity contribution in [1.82, 2.24) is 14.5 Å². The highest BCUT2D eigenvalue weighted by atomic mass is 35.5. The van der Waals surface area contributed by atoms with Crippen molar-refractivity contribution in [1.29, 1.82) is 0 Å².